The molecule has 0 aliphatic rings. The Labute approximate surface area is 183 Å². The van der Waals surface area contributed by atoms with Gasteiger partial charge in [-0.05, 0) is 55.9 Å². The van der Waals surface area contributed by atoms with E-state index in [9.17, 15) is 4.79 Å². The maximum atomic E-state index is 12.8. The lowest BCUT2D eigenvalue weighted by Gasteiger charge is -2.26. The molecule has 0 saturated heterocycles. The summed E-state index contributed by atoms with van der Waals surface area (Å²) in [4.78, 5) is 14.7. The standard InChI is InChI=1S/C20H20ClN3OS3/c1-14(2)23(12-15-6-4-3-5-7-15)18(25)13-27-19-22-24(20(26)28-19)17-10-8-16(21)9-11-17/h3-11,14H,12-13H2,1-2H3. The van der Waals surface area contributed by atoms with Gasteiger partial charge in [-0.1, -0.05) is 65.0 Å². The molecule has 0 atom stereocenters. The van der Waals surface area contributed by atoms with Crippen LogP contribution in [0.5, 0.6) is 0 Å². The van der Waals surface area contributed by atoms with Gasteiger partial charge in [0.05, 0.1) is 11.4 Å². The number of aromatic nitrogens is 2. The zero-order chi connectivity index (χ0) is 20.1. The first-order valence-electron chi connectivity index (χ1n) is 8.76. The molecule has 3 aromatic rings. The van der Waals surface area contributed by atoms with E-state index in [-0.39, 0.29) is 11.9 Å². The number of hydrogen-bond acceptors (Lipinski definition) is 5. The van der Waals surface area contributed by atoms with Crippen molar-refractivity contribution in [2.45, 2.75) is 30.8 Å². The minimum atomic E-state index is 0.0861. The highest BCUT2D eigenvalue weighted by Gasteiger charge is 2.18. The van der Waals surface area contributed by atoms with E-state index in [1.54, 1.807) is 16.8 Å². The van der Waals surface area contributed by atoms with Gasteiger partial charge in [0.1, 0.15) is 0 Å². The molecule has 1 amide bonds. The van der Waals surface area contributed by atoms with Gasteiger partial charge in [0.25, 0.3) is 0 Å². The molecule has 0 saturated carbocycles. The van der Waals surface area contributed by atoms with Crippen molar-refractivity contribution in [3.63, 3.8) is 0 Å². The number of halogens is 1. The highest BCUT2D eigenvalue weighted by Crippen LogP contribution is 2.25. The molecular weight excluding hydrogens is 430 g/mol. The molecule has 3 rings (SSSR count). The zero-order valence-electron chi connectivity index (χ0n) is 15.5. The summed E-state index contributed by atoms with van der Waals surface area (Å²) in [5.41, 5.74) is 1.98. The summed E-state index contributed by atoms with van der Waals surface area (Å²) in [5.74, 6) is 0.413. The van der Waals surface area contributed by atoms with Crippen molar-refractivity contribution in [3.8, 4) is 5.69 Å². The molecular formula is C20H20ClN3OS3. The molecule has 0 fully saturated rings. The van der Waals surface area contributed by atoms with E-state index in [1.807, 2.05) is 61.2 Å². The number of hydrogen-bond donors (Lipinski definition) is 0. The van der Waals surface area contributed by atoms with Crippen molar-refractivity contribution in [3.05, 3.63) is 69.1 Å². The zero-order valence-corrected chi connectivity index (χ0v) is 18.7. The van der Waals surface area contributed by atoms with Crippen LogP contribution in [0.3, 0.4) is 0 Å². The molecule has 2 aromatic carbocycles. The first kappa shape index (κ1) is 21.0. The van der Waals surface area contributed by atoms with Gasteiger partial charge in [0, 0.05) is 17.6 Å². The smallest absolute Gasteiger partial charge is 0.233 e. The van der Waals surface area contributed by atoms with E-state index in [0.717, 1.165) is 15.6 Å². The maximum absolute atomic E-state index is 12.8. The second-order valence-corrected chi connectivity index (χ2v) is 9.69. The lowest BCUT2D eigenvalue weighted by Crippen LogP contribution is -2.37. The van der Waals surface area contributed by atoms with E-state index in [1.165, 1.54) is 23.1 Å². The van der Waals surface area contributed by atoms with Crippen LogP contribution in [-0.4, -0.2) is 32.4 Å². The highest BCUT2D eigenvalue weighted by molar-refractivity contribution is 8.01. The average molecular weight is 450 g/mol. The second kappa shape index (κ2) is 9.69. The third-order valence-corrected chi connectivity index (χ3v) is 6.66. The molecule has 4 nitrogen and oxygen atoms in total. The predicted molar refractivity (Wildman–Crippen MR) is 120 cm³/mol. The van der Waals surface area contributed by atoms with Crippen molar-refractivity contribution in [1.29, 1.82) is 0 Å². The molecule has 146 valence electrons. The van der Waals surface area contributed by atoms with Crippen molar-refractivity contribution >= 4 is 52.8 Å². The molecule has 1 aromatic heterocycles. The number of amides is 1. The van der Waals surface area contributed by atoms with Crippen LogP contribution in [0, 0.1) is 3.95 Å². The third-order valence-electron chi connectivity index (χ3n) is 4.06. The monoisotopic (exact) mass is 449 g/mol. The fourth-order valence-corrected chi connectivity index (χ4v) is 4.98. The lowest BCUT2D eigenvalue weighted by molar-refractivity contribution is -0.130. The SMILES string of the molecule is CC(C)N(Cc1ccccc1)C(=O)CSc1nn(-c2ccc(Cl)cc2)c(=S)s1. The van der Waals surface area contributed by atoms with Gasteiger partial charge in [-0.25, -0.2) is 4.68 Å². The largest absolute Gasteiger partial charge is 0.335 e. The fraction of sp³-hybridized carbons (Fsp3) is 0.250. The number of benzene rings is 2. The average Bonchev–Trinajstić information content (AvgIpc) is 3.06. The van der Waals surface area contributed by atoms with Crippen LogP contribution in [0.25, 0.3) is 5.69 Å². The molecule has 0 spiro atoms. The number of carbonyl (C=O) groups is 1. The molecule has 0 unspecified atom stereocenters. The first-order chi connectivity index (χ1) is 13.4. The molecule has 0 N–H and O–H groups in total. The Morgan fingerprint density at radius 2 is 1.89 bits per heavy atom. The lowest BCUT2D eigenvalue weighted by atomic mass is 10.2. The van der Waals surface area contributed by atoms with Crippen LogP contribution in [0.15, 0.2) is 58.9 Å². The normalized spacial score (nSPS) is 11.0. The van der Waals surface area contributed by atoms with Crippen LogP contribution in [0.1, 0.15) is 19.4 Å². The highest BCUT2D eigenvalue weighted by atomic mass is 35.5. The Balaban J connectivity index is 1.67. The minimum absolute atomic E-state index is 0.0861. The van der Waals surface area contributed by atoms with Crippen molar-refractivity contribution in [2.75, 3.05) is 5.75 Å². The van der Waals surface area contributed by atoms with Gasteiger partial charge in [0.2, 0.25) is 5.91 Å². The van der Waals surface area contributed by atoms with Crippen molar-refractivity contribution in [1.82, 2.24) is 14.7 Å². The molecule has 0 radical (unpaired) electrons. The van der Waals surface area contributed by atoms with Gasteiger partial charge in [-0.3, -0.25) is 4.79 Å². The van der Waals surface area contributed by atoms with Crippen molar-refractivity contribution in [2.24, 2.45) is 0 Å². The summed E-state index contributed by atoms with van der Waals surface area (Å²) in [6, 6.07) is 17.5. The topological polar surface area (TPSA) is 38.1 Å². The van der Waals surface area contributed by atoms with E-state index in [0.29, 0.717) is 21.3 Å². The number of nitrogens with zero attached hydrogens (tertiary/aromatic N) is 3. The Kier molecular flexibility index (Phi) is 7.29. The second-order valence-electron chi connectivity index (χ2n) is 6.41. The summed E-state index contributed by atoms with van der Waals surface area (Å²) < 4.78 is 3.12. The summed E-state index contributed by atoms with van der Waals surface area (Å²) in [7, 11) is 0. The first-order valence-corrected chi connectivity index (χ1v) is 11.3. The summed E-state index contributed by atoms with van der Waals surface area (Å²) in [6.07, 6.45) is 0. The summed E-state index contributed by atoms with van der Waals surface area (Å²) >= 11 is 14.2. The summed E-state index contributed by atoms with van der Waals surface area (Å²) in [5, 5.41) is 5.21. The van der Waals surface area contributed by atoms with Crippen LogP contribution in [-0.2, 0) is 11.3 Å². The third kappa shape index (κ3) is 5.44. The van der Waals surface area contributed by atoms with E-state index in [4.69, 9.17) is 23.8 Å². The van der Waals surface area contributed by atoms with E-state index in [2.05, 4.69) is 5.10 Å². The number of rotatable bonds is 7. The Morgan fingerprint density at radius 3 is 2.54 bits per heavy atom. The van der Waals surface area contributed by atoms with E-state index < -0.39 is 0 Å². The Morgan fingerprint density at radius 1 is 1.21 bits per heavy atom. The van der Waals surface area contributed by atoms with Crippen molar-refractivity contribution < 1.29 is 4.79 Å². The quantitative estimate of drug-likeness (QED) is 0.335. The molecule has 8 heteroatoms. The fourth-order valence-electron chi connectivity index (χ4n) is 2.61. The van der Waals surface area contributed by atoms with Gasteiger partial charge in [0.15, 0.2) is 8.29 Å². The van der Waals surface area contributed by atoms with Crippen LogP contribution in [0.4, 0.5) is 0 Å². The number of thioether (sulfide) groups is 1. The molecule has 0 aliphatic heterocycles. The van der Waals surface area contributed by atoms with Gasteiger partial charge in [-0.2, -0.15) is 0 Å². The molecule has 1 heterocycles. The van der Waals surface area contributed by atoms with Gasteiger partial charge < -0.3 is 4.90 Å². The minimum Gasteiger partial charge on any atom is -0.335 e. The molecule has 28 heavy (non-hydrogen) atoms. The van der Waals surface area contributed by atoms with Gasteiger partial charge in [-0.15, -0.1) is 5.10 Å². The molecule has 0 aliphatic carbocycles. The Bertz CT molecular complexity index is 984. The maximum Gasteiger partial charge on any atom is 0.233 e. The van der Waals surface area contributed by atoms with E-state index >= 15 is 0 Å². The summed E-state index contributed by atoms with van der Waals surface area (Å²) in [6.45, 7) is 4.67. The van der Waals surface area contributed by atoms with Gasteiger partial charge >= 0.3 is 0 Å². The molecule has 0 bridgehead atoms. The number of carbonyl (C=O) groups excluding carboxylic acids is 1. The van der Waals surface area contributed by atoms with Crippen LogP contribution in [0.2, 0.25) is 5.02 Å². The Hall–Kier alpha value is -1.67. The van der Waals surface area contributed by atoms with Crippen LogP contribution >= 0.6 is 46.9 Å². The predicted octanol–water partition coefficient (Wildman–Crippen LogP) is 5.85. The van der Waals surface area contributed by atoms with Crippen LogP contribution < -0.4 is 0 Å².